The summed E-state index contributed by atoms with van der Waals surface area (Å²) >= 11 is 0. The Morgan fingerprint density at radius 3 is 3.00 bits per heavy atom. The van der Waals surface area contributed by atoms with Gasteiger partial charge in [-0.3, -0.25) is 0 Å². The van der Waals surface area contributed by atoms with Crippen molar-refractivity contribution in [3.63, 3.8) is 0 Å². The molecule has 2 heteroatoms. The van der Waals surface area contributed by atoms with Gasteiger partial charge in [0, 0.05) is 19.2 Å². The fourth-order valence-corrected chi connectivity index (χ4v) is 0.784. The van der Waals surface area contributed by atoms with Crippen LogP contribution in [0.1, 0.15) is 12.8 Å². The average molecular weight is 113 g/mol. The lowest BCUT2D eigenvalue weighted by molar-refractivity contribution is 0.266. The normalized spacial score (nSPS) is 18.9. The highest BCUT2D eigenvalue weighted by Crippen LogP contribution is 2.06. The van der Waals surface area contributed by atoms with E-state index in [0.717, 1.165) is 18.7 Å². The molecular weight excluding hydrogens is 102 g/mol. The molecular formula is C6H11NO. The van der Waals surface area contributed by atoms with Gasteiger partial charge in [0.15, 0.2) is 0 Å². The van der Waals surface area contributed by atoms with E-state index in [1.165, 1.54) is 6.42 Å². The second-order valence-electron chi connectivity index (χ2n) is 1.87. The predicted octanol–water partition coefficient (Wildman–Crippen LogP) is 0.858. The molecule has 0 amide bonds. The lowest BCUT2D eigenvalue weighted by Gasteiger charge is -2.11. The van der Waals surface area contributed by atoms with Crippen molar-refractivity contribution < 1.29 is 4.74 Å². The molecule has 0 bridgehead atoms. The molecule has 1 aliphatic heterocycles. The molecule has 0 aliphatic carbocycles. The van der Waals surface area contributed by atoms with Crippen LogP contribution >= 0.6 is 0 Å². The van der Waals surface area contributed by atoms with Gasteiger partial charge in [0.2, 0.25) is 0 Å². The zero-order chi connectivity index (χ0) is 5.82. The topological polar surface area (TPSA) is 21.3 Å². The molecule has 0 atom stereocenters. The summed E-state index contributed by atoms with van der Waals surface area (Å²) in [5, 5.41) is 3.10. The third-order valence-electron chi connectivity index (χ3n) is 1.27. The highest BCUT2D eigenvalue weighted by atomic mass is 16.5. The van der Waals surface area contributed by atoms with Crippen molar-refractivity contribution in [3.8, 4) is 0 Å². The number of hydrogen-bond donors (Lipinski definition) is 1. The van der Waals surface area contributed by atoms with Crippen LogP contribution in [-0.4, -0.2) is 13.7 Å². The van der Waals surface area contributed by atoms with Crippen molar-refractivity contribution in [2.45, 2.75) is 12.8 Å². The van der Waals surface area contributed by atoms with Gasteiger partial charge in [-0.2, -0.15) is 0 Å². The van der Waals surface area contributed by atoms with Crippen LogP contribution < -0.4 is 5.32 Å². The summed E-state index contributed by atoms with van der Waals surface area (Å²) < 4.78 is 4.99. The van der Waals surface area contributed by atoms with Gasteiger partial charge in [-0.15, -0.1) is 0 Å². The summed E-state index contributed by atoms with van der Waals surface area (Å²) in [4.78, 5) is 0. The average Bonchev–Trinajstić information content (AvgIpc) is 1.90. The molecule has 2 nitrogen and oxygen atoms in total. The van der Waals surface area contributed by atoms with Crippen molar-refractivity contribution in [2.24, 2.45) is 0 Å². The van der Waals surface area contributed by atoms with E-state index in [2.05, 4.69) is 5.32 Å². The number of ether oxygens (including phenoxy) is 1. The quantitative estimate of drug-likeness (QED) is 0.544. The molecule has 0 radical (unpaired) electrons. The SMILES string of the molecule is COC1=CNCCC1. The van der Waals surface area contributed by atoms with E-state index in [1.54, 1.807) is 7.11 Å². The zero-order valence-corrected chi connectivity index (χ0v) is 5.11. The third-order valence-corrected chi connectivity index (χ3v) is 1.27. The maximum Gasteiger partial charge on any atom is 0.111 e. The largest absolute Gasteiger partial charge is 0.500 e. The molecule has 8 heavy (non-hydrogen) atoms. The van der Waals surface area contributed by atoms with Gasteiger partial charge >= 0.3 is 0 Å². The molecule has 0 spiro atoms. The Labute approximate surface area is 49.5 Å². The Morgan fingerprint density at radius 2 is 2.62 bits per heavy atom. The lowest BCUT2D eigenvalue weighted by atomic mass is 10.2. The summed E-state index contributed by atoms with van der Waals surface area (Å²) in [6, 6.07) is 0. The summed E-state index contributed by atoms with van der Waals surface area (Å²) in [5.41, 5.74) is 0. The molecule has 0 aromatic rings. The summed E-state index contributed by atoms with van der Waals surface area (Å²) in [5.74, 6) is 1.07. The molecule has 1 heterocycles. The zero-order valence-electron chi connectivity index (χ0n) is 5.11. The molecule has 0 fully saturated rings. The first-order valence-electron chi connectivity index (χ1n) is 2.90. The standard InChI is InChI=1S/C6H11NO/c1-8-6-3-2-4-7-5-6/h5,7H,2-4H2,1H3. The van der Waals surface area contributed by atoms with E-state index in [4.69, 9.17) is 4.74 Å². The second kappa shape index (κ2) is 2.60. The first-order valence-corrected chi connectivity index (χ1v) is 2.90. The molecule has 0 aromatic carbocycles. The minimum absolute atomic E-state index is 1.07. The maximum absolute atomic E-state index is 4.99. The minimum atomic E-state index is 1.07. The van der Waals surface area contributed by atoms with Gasteiger partial charge in [0.1, 0.15) is 5.76 Å². The molecule has 0 unspecified atom stereocenters. The van der Waals surface area contributed by atoms with Gasteiger partial charge in [-0.25, -0.2) is 0 Å². The minimum Gasteiger partial charge on any atom is -0.500 e. The Kier molecular flexibility index (Phi) is 1.78. The summed E-state index contributed by atoms with van der Waals surface area (Å²) in [7, 11) is 1.71. The lowest BCUT2D eigenvalue weighted by Crippen LogP contribution is -2.14. The molecule has 0 aromatic heterocycles. The first kappa shape index (κ1) is 5.48. The fraction of sp³-hybridized carbons (Fsp3) is 0.667. The van der Waals surface area contributed by atoms with Crippen LogP contribution in [0.15, 0.2) is 12.0 Å². The van der Waals surface area contributed by atoms with E-state index in [-0.39, 0.29) is 0 Å². The van der Waals surface area contributed by atoms with Crippen molar-refractivity contribution >= 4 is 0 Å². The van der Waals surface area contributed by atoms with Crippen molar-refractivity contribution in [1.29, 1.82) is 0 Å². The van der Waals surface area contributed by atoms with E-state index >= 15 is 0 Å². The van der Waals surface area contributed by atoms with Gasteiger partial charge in [0.05, 0.1) is 7.11 Å². The van der Waals surface area contributed by atoms with E-state index < -0.39 is 0 Å². The van der Waals surface area contributed by atoms with Crippen LogP contribution in [0.2, 0.25) is 0 Å². The van der Waals surface area contributed by atoms with Crippen LogP contribution in [-0.2, 0) is 4.74 Å². The molecule has 46 valence electrons. The second-order valence-corrected chi connectivity index (χ2v) is 1.87. The van der Waals surface area contributed by atoms with Gasteiger partial charge < -0.3 is 10.1 Å². The van der Waals surface area contributed by atoms with Crippen LogP contribution in [0.3, 0.4) is 0 Å². The van der Waals surface area contributed by atoms with Crippen LogP contribution in [0.5, 0.6) is 0 Å². The van der Waals surface area contributed by atoms with Crippen LogP contribution in [0.25, 0.3) is 0 Å². The van der Waals surface area contributed by atoms with E-state index in [9.17, 15) is 0 Å². The van der Waals surface area contributed by atoms with Gasteiger partial charge in [-0.1, -0.05) is 0 Å². The Hall–Kier alpha value is -0.660. The summed E-state index contributed by atoms with van der Waals surface area (Å²) in [6.45, 7) is 1.09. The number of rotatable bonds is 1. The molecule has 0 saturated carbocycles. The molecule has 1 N–H and O–H groups in total. The molecule has 0 saturated heterocycles. The van der Waals surface area contributed by atoms with Gasteiger partial charge in [0.25, 0.3) is 0 Å². The van der Waals surface area contributed by atoms with Crippen LogP contribution in [0, 0.1) is 0 Å². The Balaban J connectivity index is 2.37. The van der Waals surface area contributed by atoms with E-state index in [1.807, 2.05) is 6.20 Å². The summed E-state index contributed by atoms with van der Waals surface area (Å²) in [6.07, 6.45) is 4.21. The number of nitrogens with one attached hydrogen (secondary N) is 1. The number of allylic oxidation sites excluding steroid dienone is 1. The molecule has 1 rings (SSSR count). The van der Waals surface area contributed by atoms with Crippen LogP contribution in [0.4, 0.5) is 0 Å². The van der Waals surface area contributed by atoms with Gasteiger partial charge in [-0.05, 0) is 6.42 Å². The van der Waals surface area contributed by atoms with E-state index in [0.29, 0.717) is 0 Å². The Bertz CT molecular complexity index is 98.7. The first-order chi connectivity index (χ1) is 3.93. The highest BCUT2D eigenvalue weighted by molar-refractivity contribution is 4.94. The van der Waals surface area contributed by atoms with Crippen molar-refractivity contribution in [3.05, 3.63) is 12.0 Å². The Morgan fingerprint density at radius 1 is 1.75 bits per heavy atom. The number of hydrogen-bond acceptors (Lipinski definition) is 2. The predicted molar refractivity (Wildman–Crippen MR) is 32.3 cm³/mol. The van der Waals surface area contributed by atoms with Crippen molar-refractivity contribution in [2.75, 3.05) is 13.7 Å². The monoisotopic (exact) mass is 113 g/mol. The highest BCUT2D eigenvalue weighted by Gasteiger charge is 1.99. The smallest absolute Gasteiger partial charge is 0.111 e. The van der Waals surface area contributed by atoms with Crippen molar-refractivity contribution in [1.82, 2.24) is 5.32 Å². The number of methoxy groups -OCH3 is 1. The third kappa shape index (κ3) is 1.15. The molecule has 1 aliphatic rings. The maximum atomic E-state index is 4.99. The fourth-order valence-electron chi connectivity index (χ4n) is 0.784.